The Balaban J connectivity index is 1.81. The number of ether oxygens (including phenoxy) is 1. The zero-order chi connectivity index (χ0) is 27.2. The molecule has 0 aromatic carbocycles. The van der Waals surface area contributed by atoms with Gasteiger partial charge in [-0.25, -0.2) is 9.59 Å². The summed E-state index contributed by atoms with van der Waals surface area (Å²) in [4.78, 5) is 40.7. The normalized spacial score (nSPS) is 21.0. The molecule has 2 aliphatic rings. The second-order valence-corrected chi connectivity index (χ2v) is 12.7. The Morgan fingerprint density at radius 2 is 1.81 bits per heavy atom. The molecule has 8 heteroatoms. The SMILES string of the molecule is C[C@@H](CCNC(=O)OC1CCCC1)N(c1cc(C#CC(C)(C)C)sc1C(=O)O)C(=O)[C@H]1CC[C@H](C)CC1. The third-order valence-electron chi connectivity index (χ3n) is 7.18. The van der Waals surface area contributed by atoms with Crippen molar-refractivity contribution in [2.24, 2.45) is 17.3 Å². The van der Waals surface area contributed by atoms with E-state index in [4.69, 9.17) is 4.74 Å². The van der Waals surface area contributed by atoms with Gasteiger partial charge in [0.1, 0.15) is 11.0 Å². The lowest BCUT2D eigenvalue weighted by Gasteiger charge is -2.35. The number of nitrogens with zero attached hydrogens (tertiary/aromatic N) is 1. The Kier molecular flexibility index (Phi) is 10.1. The maximum Gasteiger partial charge on any atom is 0.407 e. The van der Waals surface area contributed by atoms with Crippen LogP contribution in [0.5, 0.6) is 0 Å². The zero-order valence-electron chi connectivity index (χ0n) is 22.9. The lowest BCUT2D eigenvalue weighted by molar-refractivity contribution is -0.124. The van der Waals surface area contributed by atoms with Crippen molar-refractivity contribution < 1.29 is 24.2 Å². The van der Waals surface area contributed by atoms with Crippen molar-refractivity contribution in [2.45, 2.75) is 105 Å². The highest BCUT2D eigenvalue weighted by Crippen LogP contribution is 2.36. The van der Waals surface area contributed by atoms with E-state index >= 15 is 0 Å². The monoisotopic (exact) mass is 530 g/mol. The molecule has 0 spiro atoms. The van der Waals surface area contributed by atoms with Crippen molar-refractivity contribution in [3.05, 3.63) is 15.8 Å². The van der Waals surface area contributed by atoms with Crippen molar-refractivity contribution in [1.82, 2.24) is 5.32 Å². The first-order chi connectivity index (χ1) is 17.4. The van der Waals surface area contributed by atoms with Gasteiger partial charge in [-0.15, -0.1) is 11.3 Å². The van der Waals surface area contributed by atoms with Crippen LogP contribution in [0.4, 0.5) is 10.5 Å². The number of thiophene rings is 1. The summed E-state index contributed by atoms with van der Waals surface area (Å²) >= 11 is 1.11. The maximum atomic E-state index is 13.9. The van der Waals surface area contributed by atoms with Crippen LogP contribution in [0, 0.1) is 29.1 Å². The molecule has 2 amide bonds. The molecule has 2 saturated carbocycles. The molecule has 37 heavy (non-hydrogen) atoms. The highest BCUT2D eigenvalue weighted by molar-refractivity contribution is 7.15. The molecule has 0 radical (unpaired) electrons. The van der Waals surface area contributed by atoms with Crippen molar-refractivity contribution in [2.75, 3.05) is 11.4 Å². The largest absolute Gasteiger partial charge is 0.477 e. The van der Waals surface area contributed by atoms with Gasteiger partial charge < -0.3 is 20.1 Å². The molecule has 2 aliphatic carbocycles. The van der Waals surface area contributed by atoms with Gasteiger partial charge in [0.2, 0.25) is 5.91 Å². The lowest BCUT2D eigenvalue weighted by Crippen LogP contribution is -2.45. The number of hydrogen-bond donors (Lipinski definition) is 2. The molecule has 1 heterocycles. The third-order valence-corrected chi connectivity index (χ3v) is 8.21. The van der Waals surface area contributed by atoms with E-state index < -0.39 is 12.1 Å². The highest BCUT2D eigenvalue weighted by Gasteiger charge is 2.34. The van der Waals surface area contributed by atoms with Crippen LogP contribution in [0.25, 0.3) is 0 Å². The number of amides is 2. The molecule has 1 atom stereocenters. The molecule has 0 aliphatic heterocycles. The second-order valence-electron chi connectivity index (χ2n) is 11.7. The zero-order valence-corrected chi connectivity index (χ0v) is 23.7. The van der Waals surface area contributed by atoms with Crippen LogP contribution in [-0.4, -0.2) is 41.8 Å². The first-order valence-corrected chi connectivity index (χ1v) is 14.4. The second kappa shape index (κ2) is 12.8. The van der Waals surface area contributed by atoms with Gasteiger partial charge in [-0.2, -0.15) is 0 Å². The number of hydrogen-bond acceptors (Lipinski definition) is 5. The number of aromatic carboxylic acids is 1. The fraction of sp³-hybridized carbons (Fsp3) is 0.690. The van der Waals surface area contributed by atoms with Crippen LogP contribution < -0.4 is 10.2 Å². The number of carboxylic acid groups (broad SMARTS) is 1. The summed E-state index contributed by atoms with van der Waals surface area (Å²) in [6.07, 6.45) is 7.60. The molecule has 0 unspecified atom stereocenters. The van der Waals surface area contributed by atoms with Crippen molar-refractivity contribution in [1.29, 1.82) is 0 Å². The molecule has 204 valence electrons. The van der Waals surface area contributed by atoms with Crippen LogP contribution in [0.15, 0.2) is 6.07 Å². The van der Waals surface area contributed by atoms with Crippen molar-refractivity contribution in [3.63, 3.8) is 0 Å². The Bertz CT molecular complexity index is 1020. The third kappa shape index (κ3) is 8.49. The topological polar surface area (TPSA) is 95.9 Å². The summed E-state index contributed by atoms with van der Waals surface area (Å²) < 4.78 is 5.48. The first-order valence-electron chi connectivity index (χ1n) is 13.6. The van der Waals surface area contributed by atoms with Gasteiger partial charge in [-0.3, -0.25) is 4.79 Å². The molecule has 0 saturated heterocycles. The fourth-order valence-corrected chi connectivity index (χ4v) is 5.85. The molecular weight excluding hydrogens is 488 g/mol. The van der Waals surface area contributed by atoms with Gasteiger partial charge in [0.15, 0.2) is 0 Å². The van der Waals surface area contributed by atoms with E-state index in [0.717, 1.165) is 62.7 Å². The highest BCUT2D eigenvalue weighted by atomic mass is 32.1. The molecule has 3 rings (SSSR count). The predicted molar refractivity (Wildman–Crippen MR) is 147 cm³/mol. The quantitative estimate of drug-likeness (QED) is 0.377. The molecule has 2 fully saturated rings. The van der Waals surface area contributed by atoms with E-state index in [9.17, 15) is 19.5 Å². The number of nitrogens with one attached hydrogen (secondary N) is 1. The summed E-state index contributed by atoms with van der Waals surface area (Å²) in [5, 5.41) is 12.8. The summed E-state index contributed by atoms with van der Waals surface area (Å²) in [6, 6.07) is 1.43. The van der Waals surface area contributed by atoms with E-state index in [1.54, 1.807) is 11.0 Å². The average Bonchev–Trinajstić information content (AvgIpc) is 3.48. The van der Waals surface area contributed by atoms with Crippen LogP contribution in [0.2, 0.25) is 0 Å². The van der Waals surface area contributed by atoms with Crippen LogP contribution in [-0.2, 0) is 9.53 Å². The van der Waals surface area contributed by atoms with Crippen molar-refractivity contribution in [3.8, 4) is 11.8 Å². The van der Waals surface area contributed by atoms with E-state index in [2.05, 4.69) is 24.1 Å². The number of rotatable bonds is 8. The molecule has 0 bridgehead atoms. The molecule has 1 aromatic heterocycles. The Labute approximate surface area is 225 Å². The van der Waals surface area contributed by atoms with Gasteiger partial charge in [0.05, 0.1) is 10.6 Å². The maximum absolute atomic E-state index is 13.9. The minimum absolute atomic E-state index is 0.0132. The number of carbonyl (C=O) groups excluding carboxylic acids is 2. The van der Waals surface area contributed by atoms with Gasteiger partial charge in [-0.05, 0) is 97.5 Å². The minimum Gasteiger partial charge on any atom is -0.477 e. The van der Waals surface area contributed by atoms with Gasteiger partial charge in [0, 0.05) is 23.9 Å². The summed E-state index contributed by atoms with van der Waals surface area (Å²) in [5.74, 6) is 5.63. The average molecular weight is 531 g/mol. The standard InChI is InChI=1S/C29H42N2O5S/c1-19-10-12-21(13-11-19)26(32)31(20(2)15-17-30-28(35)36-22-8-6-7-9-22)24-18-23(14-16-29(3,4)5)37-25(24)27(33)34/h18-22H,6-13,15,17H2,1-5H3,(H,30,35)(H,33,34)/t19-,20-,21-/m0/s1. The Hall–Kier alpha value is -2.53. The van der Waals surface area contributed by atoms with Gasteiger partial charge in [-0.1, -0.05) is 18.8 Å². The smallest absolute Gasteiger partial charge is 0.407 e. The molecule has 2 N–H and O–H groups in total. The molecular formula is C29H42N2O5S. The summed E-state index contributed by atoms with van der Waals surface area (Å²) in [6.45, 7) is 10.5. The Morgan fingerprint density at radius 1 is 1.16 bits per heavy atom. The summed E-state index contributed by atoms with van der Waals surface area (Å²) in [5.41, 5.74) is 0.175. The summed E-state index contributed by atoms with van der Waals surface area (Å²) in [7, 11) is 0. The Morgan fingerprint density at radius 3 is 2.41 bits per heavy atom. The number of carbonyl (C=O) groups is 3. The van der Waals surface area contributed by atoms with E-state index in [1.807, 2.05) is 27.7 Å². The van der Waals surface area contributed by atoms with Crippen molar-refractivity contribution >= 4 is 35.0 Å². The lowest BCUT2D eigenvalue weighted by atomic mass is 9.82. The van der Waals surface area contributed by atoms with E-state index in [1.165, 1.54) is 0 Å². The van der Waals surface area contributed by atoms with Gasteiger partial charge >= 0.3 is 12.1 Å². The van der Waals surface area contributed by atoms with Gasteiger partial charge in [0.25, 0.3) is 0 Å². The predicted octanol–water partition coefficient (Wildman–Crippen LogP) is 6.45. The molecule has 1 aromatic rings. The van der Waals surface area contributed by atoms with Crippen LogP contribution in [0.1, 0.15) is 107 Å². The van der Waals surface area contributed by atoms with Crippen LogP contribution in [0.3, 0.4) is 0 Å². The number of carboxylic acids is 1. The molecule has 7 nitrogen and oxygen atoms in total. The van der Waals surface area contributed by atoms with E-state index in [-0.39, 0.29) is 34.3 Å². The first kappa shape index (κ1) is 29.0. The minimum atomic E-state index is -1.07. The van der Waals surface area contributed by atoms with E-state index in [0.29, 0.717) is 29.4 Å². The number of alkyl carbamates (subject to hydrolysis) is 1. The fourth-order valence-electron chi connectivity index (χ4n) is 5.01. The number of anilines is 1. The van der Waals surface area contributed by atoms with Crippen LogP contribution >= 0.6 is 11.3 Å².